The van der Waals surface area contributed by atoms with Crippen LogP contribution in [0.4, 0.5) is 0 Å². The van der Waals surface area contributed by atoms with Crippen molar-refractivity contribution in [2.75, 3.05) is 65.4 Å². The number of hydrogen-bond donors (Lipinski definition) is 3. The van der Waals surface area contributed by atoms with Gasteiger partial charge in [0.05, 0.1) is 47.9 Å². The number of carboxylic acid groups (broad SMARTS) is 2. The van der Waals surface area contributed by atoms with E-state index >= 15 is 0 Å². The molecule has 45 heavy (non-hydrogen) atoms. The van der Waals surface area contributed by atoms with Crippen LogP contribution in [0.5, 0.6) is 0 Å². The number of nitrogens with zero attached hydrogens (tertiary/aromatic N) is 9. The number of rotatable bonds is 5. The second-order valence-corrected chi connectivity index (χ2v) is 12.2. The molecule has 0 spiro atoms. The number of pyridine rings is 2. The Labute approximate surface area is 292 Å². The third kappa shape index (κ3) is 9.95. The summed E-state index contributed by atoms with van der Waals surface area (Å²) in [5.41, 5.74) is 10.4. The molecule has 6 rings (SSSR count). The van der Waals surface area contributed by atoms with Gasteiger partial charge in [-0.15, -0.1) is 5.10 Å². The summed E-state index contributed by atoms with van der Waals surface area (Å²) in [6, 6.07) is 11.7. The van der Waals surface area contributed by atoms with Crippen molar-refractivity contribution in [1.29, 1.82) is 0 Å². The third-order valence-electron chi connectivity index (χ3n) is 7.99. The van der Waals surface area contributed by atoms with Crippen molar-refractivity contribution in [3.63, 3.8) is 0 Å². The van der Waals surface area contributed by atoms with Gasteiger partial charge in [-0.2, -0.15) is 0 Å². The molecule has 6 bridgehead atoms. The molecule has 15 heteroatoms. The van der Waals surface area contributed by atoms with E-state index in [9.17, 15) is 19.8 Å². The summed E-state index contributed by atoms with van der Waals surface area (Å²) in [6.07, 6.45) is 0. The largest absolute Gasteiger partial charge is 0.480 e. The van der Waals surface area contributed by atoms with E-state index < -0.39 is 17.5 Å². The van der Waals surface area contributed by atoms with Crippen molar-refractivity contribution in [1.82, 2.24) is 44.6 Å². The van der Waals surface area contributed by atoms with Gasteiger partial charge in [0.2, 0.25) is 0 Å². The Morgan fingerprint density at radius 2 is 1.22 bits per heavy atom. The standard InChI is InChI=1S/C30H42N10O4.Lu/c1-30(2,31)29-28-25-8-4-7-23(33-25)18-37-11-15-38(20-26(41)42)13-9-36(10-14-39(16-12-37)21-27(43)44)17-22-5-3-6-24(32-22)19-40(28)35-34-29;/h3-8H,9-21,31H2,1-2H3,(H,41,42)(H,43,44);. The van der Waals surface area contributed by atoms with Crippen LogP contribution in [0, 0.1) is 36.9 Å². The van der Waals surface area contributed by atoms with Gasteiger partial charge in [0.1, 0.15) is 11.4 Å². The van der Waals surface area contributed by atoms with Crippen LogP contribution in [0.3, 0.4) is 0 Å². The monoisotopic (exact) mass is 781 g/mol. The van der Waals surface area contributed by atoms with Gasteiger partial charge in [-0.1, -0.05) is 17.3 Å². The number of aliphatic carboxylic acids is 2. The fraction of sp³-hybridized carbons (Fsp3) is 0.533. The van der Waals surface area contributed by atoms with Crippen LogP contribution in [-0.2, 0) is 34.8 Å². The van der Waals surface area contributed by atoms with Gasteiger partial charge in [0, 0.05) is 102 Å². The fourth-order valence-corrected chi connectivity index (χ4v) is 5.72. The Balaban J connectivity index is 0.00000461. The predicted octanol–water partition coefficient (Wildman–Crippen LogP) is 0.382. The number of aromatic nitrogens is 5. The summed E-state index contributed by atoms with van der Waals surface area (Å²) in [7, 11) is 0. The minimum atomic E-state index is -0.863. The molecule has 1 radical (unpaired) electrons. The summed E-state index contributed by atoms with van der Waals surface area (Å²) >= 11 is 0. The van der Waals surface area contributed by atoms with Crippen molar-refractivity contribution < 1.29 is 56.7 Å². The number of carbonyl (C=O) groups is 2. The molecule has 6 heterocycles. The van der Waals surface area contributed by atoms with Crippen LogP contribution in [0.15, 0.2) is 36.4 Å². The molecule has 1 fully saturated rings. The first kappa shape index (κ1) is 35.3. The summed E-state index contributed by atoms with van der Waals surface area (Å²) in [5, 5.41) is 28.2. The molecule has 0 saturated carbocycles. The Kier molecular flexibility index (Phi) is 12.4. The van der Waals surface area contributed by atoms with Gasteiger partial charge in [0.15, 0.2) is 0 Å². The Morgan fingerprint density at radius 1 is 0.756 bits per heavy atom. The molecule has 3 aromatic rings. The van der Waals surface area contributed by atoms with E-state index in [1.807, 2.05) is 64.7 Å². The molecule has 3 aliphatic rings. The van der Waals surface area contributed by atoms with Gasteiger partial charge >= 0.3 is 11.9 Å². The average molecular weight is 782 g/mol. The number of fused-ring (bicyclic) bond motifs is 8. The molecule has 3 aromatic heterocycles. The van der Waals surface area contributed by atoms with E-state index in [0.717, 1.165) is 22.8 Å². The molecule has 0 unspecified atom stereocenters. The summed E-state index contributed by atoms with van der Waals surface area (Å²) in [4.78, 5) is 41.9. The van der Waals surface area contributed by atoms with Crippen LogP contribution in [0.2, 0.25) is 0 Å². The molecule has 1 saturated heterocycles. The fourth-order valence-electron chi connectivity index (χ4n) is 5.72. The van der Waals surface area contributed by atoms with E-state index in [-0.39, 0.29) is 50.0 Å². The van der Waals surface area contributed by atoms with Gasteiger partial charge in [-0.3, -0.25) is 34.2 Å². The molecule has 0 aliphatic carbocycles. The average Bonchev–Trinajstić information content (AvgIpc) is 3.38. The quantitative estimate of drug-likeness (QED) is 0.325. The maximum Gasteiger partial charge on any atom is 0.317 e. The summed E-state index contributed by atoms with van der Waals surface area (Å²) < 4.78 is 1.82. The van der Waals surface area contributed by atoms with E-state index in [2.05, 4.69) is 20.1 Å². The molecule has 4 N–H and O–H groups in total. The first-order valence-electron chi connectivity index (χ1n) is 15.0. The number of carboxylic acids is 2. The number of nitrogens with two attached hydrogens (primary N) is 1. The Hall–Kier alpha value is -2.59. The zero-order valence-corrected chi connectivity index (χ0v) is 27.4. The van der Waals surface area contributed by atoms with Crippen molar-refractivity contribution in [3.8, 4) is 11.4 Å². The van der Waals surface area contributed by atoms with Crippen molar-refractivity contribution >= 4 is 11.9 Å². The summed E-state index contributed by atoms with van der Waals surface area (Å²) in [5.74, 6) is -1.73. The predicted molar refractivity (Wildman–Crippen MR) is 163 cm³/mol. The van der Waals surface area contributed by atoms with Crippen molar-refractivity contribution in [2.45, 2.75) is 39.0 Å². The van der Waals surface area contributed by atoms with Crippen LogP contribution < -0.4 is 5.73 Å². The second kappa shape index (κ2) is 15.8. The summed E-state index contributed by atoms with van der Waals surface area (Å²) in [6.45, 7) is 9.77. The first-order chi connectivity index (χ1) is 21.0. The minimum absolute atomic E-state index is 0. The molecule has 0 amide bonds. The zero-order chi connectivity index (χ0) is 31.3. The minimum Gasteiger partial charge on any atom is -0.480 e. The van der Waals surface area contributed by atoms with Crippen molar-refractivity contribution in [2.24, 2.45) is 5.73 Å². The van der Waals surface area contributed by atoms with Crippen LogP contribution in [0.25, 0.3) is 11.4 Å². The van der Waals surface area contributed by atoms with E-state index in [0.29, 0.717) is 83.4 Å². The second-order valence-electron chi connectivity index (χ2n) is 12.2. The van der Waals surface area contributed by atoms with E-state index in [4.69, 9.17) is 15.7 Å². The molecule has 251 valence electrons. The van der Waals surface area contributed by atoms with Crippen molar-refractivity contribution in [3.05, 3.63) is 59.2 Å². The third-order valence-corrected chi connectivity index (χ3v) is 7.99. The maximum absolute atomic E-state index is 11.8. The molecular formula is C30H42LuN10O4. The van der Waals surface area contributed by atoms with Gasteiger partial charge in [-0.05, 0) is 38.1 Å². The van der Waals surface area contributed by atoms with Gasteiger partial charge in [-0.25, -0.2) is 9.67 Å². The van der Waals surface area contributed by atoms with Crippen LogP contribution in [0.1, 0.15) is 36.6 Å². The van der Waals surface area contributed by atoms with Gasteiger partial charge < -0.3 is 15.9 Å². The zero-order valence-electron chi connectivity index (χ0n) is 25.7. The smallest absolute Gasteiger partial charge is 0.317 e. The molecule has 0 atom stereocenters. The topological polar surface area (TPSA) is 170 Å². The van der Waals surface area contributed by atoms with E-state index in [1.54, 1.807) is 0 Å². The van der Waals surface area contributed by atoms with Crippen LogP contribution >= 0.6 is 0 Å². The maximum atomic E-state index is 11.8. The molecule has 0 aromatic carbocycles. The Bertz CT molecular complexity index is 1430. The Morgan fingerprint density at radius 3 is 1.71 bits per heavy atom. The van der Waals surface area contributed by atoms with Crippen LogP contribution in [-0.4, -0.2) is 132 Å². The molecule has 14 nitrogen and oxygen atoms in total. The molecular weight excluding hydrogens is 739 g/mol. The normalized spacial score (nSPS) is 20.4. The SMILES string of the molecule is CC(C)(N)c1nnn2c1-c1cccc(n1)CN1CCN(CC(=O)O)CCN(CCN(CC(=O)O)CC1)Cc1cccc(n1)C2.[Lu]. The first-order valence-corrected chi connectivity index (χ1v) is 15.0. The number of hydrogen-bond acceptors (Lipinski definition) is 11. The molecule has 3 aliphatic heterocycles. The van der Waals surface area contributed by atoms with Gasteiger partial charge in [0.25, 0.3) is 0 Å². The van der Waals surface area contributed by atoms with E-state index in [1.165, 1.54) is 0 Å².